The number of rotatable bonds is 9. The van der Waals surface area contributed by atoms with Crippen molar-refractivity contribution in [2.24, 2.45) is 113 Å². The van der Waals surface area contributed by atoms with Gasteiger partial charge in [0.05, 0.1) is 10.8 Å². The molecule has 420 valence electrons. The zero-order valence-corrected chi connectivity index (χ0v) is 51.2. The molecule has 19 atom stereocenters. The average Bonchev–Trinajstić information content (AvgIpc) is 3.93. The number of allylic oxidation sites excluding steroid dienone is 2. The lowest BCUT2D eigenvalue weighted by molar-refractivity contribution is -0.240. The molecule has 10 fully saturated rings. The molecule has 7 nitrogen and oxygen atoms in total. The Kier molecular flexibility index (Phi) is 16.4. The van der Waals surface area contributed by atoms with Gasteiger partial charge in [-0.2, -0.15) is 25.3 Å². The summed E-state index contributed by atoms with van der Waals surface area (Å²) < 4.78 is 0. The van der Waals surface area contributed by atoms with Gasteiger partial charge < -0.3 is 15.5 Å². The molecule has 1 unspecified atom stereocenters. The van der Waals surface area contributed by atoms with Gasteiger partial charge in [-0.1, -0.05) is 93.5 Å². The maximum Gasteiger partial charge on any atom is 0.309 e. The third-order valence-corrected chi connectivity index (χ3v) is 28.1. The van der Waals surface area contributed by atoms with Crippen molar-refractivity contribution in [1.82, 2.24) is 10.2 Å². The quantitative estimate of drug-likeness (QED) is 0.0774. The standard InChI is InChI=1S/C32H53NO2S.C30H46O3.C2H6ClNS/c1-20(2)21-10-15-32(27(34)35)17-16-30(6)22(26(21)32)8-9-24-29(5)13-12-25(33-18-19-36)28(3,4)23(29)11-14-31(24,30)7;1-18(2)19-10-15-30(25(32)33)17-16-28(6)20(24(19)30)8-9-22-27(5)13-12-23(31)26(3,4)21(27)11-14-29(22,28)7;3-4-1-2-5/h21-26,33,36H,1,8-19H2,2-7H3,(H,34,35);19-22,24H,1,8-17H2,2-7H3,(H,32,33);4-5H,1-2H2/t21-,22+,23-,24+,25?,26+,29-,30+,31+,32-;19-,20+,21-,22+,24+,27-,28+,29+,30-;/m00./s1. The Bertz CT molecular complexity index is 2180. The molecule has 74 heavy (non-hydrogen) atoms. The minimum absolute atomic E-state index is 0.164. The molecule has 0 amide bonds. The molecule has 0 aromatic heterocycles. The van der Waals surface area contributed by atoms with Crippen molar-refractivity contribution in [1.29, 1.82) is 0 Å². The van der Waals surface area contributed by atoms with Crippen LogP contribution in [0.2, 0.25) is 0 Å². The highest BCUT2D eigenvalue weighted by molar-refractivity contribution is 7.80. The fourth-order valence-corrected chi connectivity index (χ4v) is 23.9. The van der Waals surface area contributed by atoms with Gasteiger partial charge in [0.25, 0.3) is 0 Å². The second-order valence-corrected chi connectivity index (χ2v) is 31.3. The predicted octanol–water partition coefficient (Wildman–Crippen LogP) is 15.6. The van der Waals surface area contributed by atoms with Crippen molar-refractivity contribution >= 4 is 54.8 Å². The van der Waals surface area contributed by atoms with Crippen LogP contribution >= 0.6 is 37.0 Å². The molecule has 0 radical (unpaired) electrons. The Hall–Kier alpha value is -1.000. The average molecular weight is 1080 g/mol. The molecule has 0 bridgehead atoms. The van der Waals surface area contributed by atoms with Crippen LogP contribution < -0.4 is 10.2 Å². The van der Waals surface area contributed by atoms with E-state index in [0.29, 0.717) is 52.7 Å². The first-order valence-electron chi connectivity index (χ1n) is 30.1. The Labute approximate surface area is 466 Å². The summed E-state index contributed by atoms with van der Waals surface area (Å²) in [5, 5.41) is 24.9. The Morgan fingerprint density at radius 1 is 0.554 bits per heavy atom. The van der Waals surface area contributed by atoms with Crippen molar-refractivity contribution in [2.45, 2.75) is 218 Å². The molecular formula is C64H105ClN2O5S2. The summed E-state index contributed by atoms with van der Waals surface area (Å²) in [6, 6.07) is 0.583. The number of hydrogen-bond acceptors (Lipinski definition) is 7. The maximum atomic E-state index is 12.9. The van der Waals surface area contributed by atoms with Crippen LogP contribution in [0, 0.1) is 113 Å². The summed E-state index contributed by atoms with van der Waals surface area (Å²) in [6.45, 7) is 39.9. The van der Waals surface area contributed by atoms with E-state index in [1.54, 1.807) is 0 Å². The molecule has 10 aliphatic carbocycles. The van der Waals surface area contributed by atoms with Crippen LogP contribution in [-0.2, 0) is 14.4 Å². The minimum atomic E-state index is -0.547. The van der Waals surface area contributed by atoms with Gasteiger partial charge in [-0.15, -0.1) is 0 Å². The minimum Gasteiger partial charge on any atom is -0.481 e. The normalized spacial score (nSPS) is 49.1. The fraction of sp³-hybridized carbons (Fsp3) is 0.891. The number of aliphatic carboxylic acids is 2. The largest absolute Gasteiger partial charge is 0.481 e. The summed E-state index contributed by atoms with van der Waals surface area (Å²) in [5.74, 6) is 5.88. The lowest BCUT2D eigenvalue weighted by atomic mass is 9.32. The third kappa shape index (κ3) is 8.44. The first-order chi connectivity index (χ1) is 34.5. The smallest absolute Gasteiger partial charge is 0.309 e. The summed E-state index contributed by atoms with van der Waals surface area (Å²) in [6.07, 6.45) is 21.7. The van der Waals surface area contributed by atoms with E-state index in [1.807, 2.05) is 0 Å². The predicted molar refractivity (Wildman–Crippen MR) is 312 cm³/mol. The molecule has 0 aromatic rings. The Balaban J connectivity index is 0.000000181. The van der Waals surface area contributed by atoms with Gasteiger partial charge in [-0.25, -0.2) is 4.84 Å². The fourth-order valence-electron chi connectivity index (χ4n) is 23.5. The van der Waals surface area contributed by atoms with Gasteiger partial charge in [0, 0.05) is 42.5 Å². The second kappa shape index (κ2) is 20.5. The van der Waals surface area contributed by atoms with Gasteiger partial charge in [0.15, 0.2) is 0 Å². The molecule has 10 rings (SSSR count). The van der Waals surface area contributed by atoms with E-state index in [9.17, 15) is 24.6 Å². The number of carbonyl (C=O) groups is 3. The number of nitrogens with one attached hydrogen (secondary N) is 2. The van der Waals surface area contributed by atoms with Gasteiger partial charge in [-0.05, 0) is 245 Å². The summed E-state index contributed by atoms with van der Waals surface area (Å²) in [4.78, 5) is 40.9. The molecule has 0 heterocycles. The number of carboxylic acid groups (broad SMARTS) is 2. The van der Waals surface area contributed by atoms with Crippen LogP contribution in [0.15, 0.2) is 24.3 Å². The number of fused-ring (bicyclic) bond motifs is 14. The highest BCUT2D eigenvalue weighted by atomic mass is 35.5. The number of carbonyl (C=O) groups excluding carboxylic acids is 1. The highest BCUT2D eigenvalue weighted by Crippen LogP contribution is 2.79. The van der Waals surface area contributed by atoms with Crippen molar-refractivity contribution in [2.75, 3.05) is 24.6 Å². The van der Waals surface area contributed by atoms with Crippen LogP contribution in [0.4, 0.5) is 0 Å². The first kappa shape index (κ1) is 59.1. The van der Waals surface area contributed by atoms with Gasteiger partial charge in [-0.3, -0.25) is 14.4 Å². The van der Waals surface area contributed by atoms with Gasteiger partial charge in [0.1, 0.15) is 5.78 Å². The molecular weight excluding hydrogens is 976 g/mol. The molecule has 10 saturated carbocycles. The van der Waals surface area contributed by atoms with Gasteiger partial charge in [0.2, 0.25) is 0 Å². The molecule has 10 aliphatic rings. The van der Waals surface area contributed by atoms with Gasteiger partial charge >= 0.3 is 11.9 Å². The zero-order chi connectivity index (χ0) is 54.6. The van der Waals surface area contributed by atoms with Crippen LogP contribution in [0.1, 0.15) is 212 Å². The van der Waals surface area contributed by atoms with Crippen LogP contribution in [0.5, 0.6) is 0 Å². The maximum absolute atomic E-state index is 12.9. The van der Waals surface area contributed by atoms with Crippen molar-refractivity contribution in [3.8, 4) is 0 Å². The summed E-state index contributed by atoms with van der Waals surface area (Å²) >= 11 is 13.3. The Morgan fingerprint density at radius 2 is 1.00 bits per heavy atom. The molecule has 0 aliphatic heterocycles. The van der Waals surface area contributed by atoms with E-state index >= 15 is 0 Å². The van der Waals surface area contributed by atoms with Crippen molar-refractivity contribution in [3.63, 3.8) is 0 Å². The molecule has 4 N–H and O–H groups in total. The SMILES string of the molecule is C=C(C)[C@@H]1CC[C@]2(C(=O)O)CC[C@]3(C)[C@H](CC[C@@H]4[C@@]5(C)CCC(=O)C(C)(C)[C@@H]5CC[C@]43C)[C@@H]12.C=C(C)[C@@H]1CC[C@]2(C(=O)O)CC[C@]3(C)[C@H](CC[C@@H]4[C@@]5(C)CCC(NCCS)C(C)(C)[C@@H]5CC[C@]43C)[C@@H]12.SCCNCl. The van der Waals surface area contributed by atoms with E-state index < -0.39 is 22.8 Å². The zero-order valence-electron chi connectivity index (χ0n) is 48.6. The number of ketones is 1. The topological polar surface area (TPSA) is 116 Å². The van der Waals surface area contributed by atoms with Crippen LogP contribution in [0.3, 0.4) is 0 Å². The highest BCUT2D eigenvalue weighted by Gasteiger charge is 2.74. The molecule has 0 spiro atoms. The lowest BCUT2D eigenvalue weighted by Crippen LogP contribution is -2.67. The third-order valence-electron chi connectivity index (χ3n) is 27.5. The van der Waals surface area contributed by atoms with E-state index in [0.717, 1.165) is 113 Å². The van der Waals surface area contributed by atoms with E-state index in [-0.39, 0.29) is 49.7 Å². The summed E-state index contributed by atoms with van der Waals surface area (Å²) in [7, 11) is 0. The molecule has 0 saturated heterocycles. The number of halogens is 1. The second-order valence-electron chi connectivity index (χ2n) is 30.1. The molecule has 10 heteroatoms. The van der Waals surface area contributed by atoms with Crippen LogP contribution in [-0.4, -0.2) is 58.6 Å². The van der Waals surface area contributed by atoms with Crippen molar-refractivity contribution in [3.05, 3.63) is 24.3 Å². The van der Waals surface area contributed by atoms with E-state index in [4.69, 9.17) is 11.8 Å². The monoisotopic (exact) mass is 1080 g/mol. The number of thiol groups is 2. The van der Waals surface area contributed by atoms with Crippen LogP contribution in [0.25, 0.3) is 0 Å². The van der Waals surface area contributed by atoms with Crippen molar-refractivity contribution < 1.29 is 24.6 Å². The van der Waals surface area contributed by atoms with E-state index in [2.05, 4.69) is 132 Å². The number of carboxylic acids is 2. The lowest BCUT2D eigenvalue weighted by Gasteiger charge is -2.73. The number of hydrogen-bond donors (Lipinski definition) is 6. The summed E-state index contributed by atoms with van der Waals surface area (Å²) in [5.41, 5.74) is 2.90. The van der Waals surface area contributed by atoms with E-state index in [1.165, 1.54) is 62.5 Å². The number of Topliss-reactive ketones (excluding diaryl/α,β-unsaturated/α-hetero) is 1. The molecule has 0 aromatic carbocycles. The Morgan fingerprint density at radius 3 is 1.41 bits per heavy atom. The first-order valence-corrected chi connectivity index (χ1v) is 31.7.